The molecule has 0 atom stereocenters. The fraction of sp³-hybridized carbons (Fsp3) is 1.00. The van der Waals surface area contributed by atoms with E-state index in [1.165, 1.54) is 77.0 Å². The summed E-state index contributed by atoms with van der Waals surface area (Å²) in [5.41, 5.74) is 0. The summed E-state index contributed by atoms with van der Waals surface area (Å²) in [5.74, 6) is 0. The molecule has 0 spiro atoms. The lowest BCUT2D eigenvalue weighted by Gasteiger charge is -2.36. The third kappa shape index (κ3) is 41.2. The molecule has 0 saturated carbocycles. The molecule has 320 valence electrons. The summed E-state index contributed by atoms with van der Waals surface area (Å²) in [6.45, 7) is 25.5. The molecule has 11 nitrogen and oxygen atoms in total. The minimum Gasteiger partial charge on any atom is -0.414 e. The van der Waals surface area contributed by atoms with Crippen LogP contribution in [0.15, 0.2) is 0 Å². The largest absolute Gasteiger partial charge is 0.414 e. The molecule has 53 heavy (non-hydrogen) atoms. The molecular weight excluding hydrogens is 697 g/mol. The van der Waals surface area contributed by atoms with Crippen molar-refractivity contribution in [1.29, 1.82) is 0 Å². The summed E-state index contributed by atoms with van der Waals surface area (Å²) in [6, 6.07) is 0. The van der Waals surface area contributed by atoms with E-state index < -0.39 is 8.32 Å². The number of hydrogen-bond acceptors (Lipinski definition) is 11. The highest BCUT2D eigenvalue weighted by molar-refractivity contribution is 6.74. The Morgan fingerprint density at radius 3 is 0.736 bits per heavy atom. The molecule has 0 aliphatic heterocycles. The summed E-state index contributed by atoms with van der Waals surface area (Å²) >= 11 is 0. The van der Waals surface area contributed by atoms with Gasteiger partial charge in [0.05, 0.1) is 132 Å². The van der Waals surface area contributed by atoms with Gasteiger partial charge in [0.2, 0.25) is 0 Å². The lowest BCUT2D eigenvalue weighted by Crippen LogP contribution is -2.41. The molecule has 0 unspecified atom stereocenters. The van der Waals surface area contributed by atoms with E-state index >= 15 is 0 Å². The van der Waals surface area contributed by atoms with E-state index in [9.17, 15) is 0 Å². The number of rotatable bonds is 45. The van der Waals surface area contributed by atoms with Gasteiger partial charge in [-0.05, 0) is 24.6 Å². The topological polar surface area (TPSA) is 102 Å². The van der Waals surface area contributed by atoms with Crippen LogP contribution in [-0.4, -0.2) is 147 Å². The van der Waals surface area contributed by atoms with Gasteiger partial charge in [0.25, 0.3) is 0 Å². The van der Waals surface area contributed by atoms with Gasteiger partial charge in [0, 0.05) is 6.61 Å². The zero-order valence-electron chi connectivity index (χ0n) is 35.5. The molecule has 0 aromatic heterocycles. The van der Waals surface area contributed by atoms with Gasteiger partial charge in [0.15, 0.2) is 8.32 Å². The standard InChI is InChI=1S/C41H86O11Si/c1-7-8-9-10-11-12-13-14-15-16-17-18-19-20-42-21-22-43-23-24-44-25-26-45-27-28-46-29-30-47-31-32-48-33-34-49-35-36-50-37-38-51-39-40-52-53(5,6)41(2,3)4/h7-40H2,1-6H3. The molecule has 0 aromatic rings. The quantitative estimate of drug-likeness (QED) is 0.0441. The van der Waals surface area contributed by atoms with Crippen LogP contribution in [0.5, 0.6) is 0 Å². The van der Waals surface area contributed by atoms with Gasteiger partial charge in [0.1, 0.15) is 0 Å². The SMILES string of the molecule is CCCCCCCCCCCCCCCOCCOCCOCCOCCOCCOCCOCCOCCOCCOCCO[Si](C)(C)C(C)(C)C. The maximum Gasteiger partial charge on any atom is 0.192 e. The molecule has 12 heteroatoms. The Balaban J connectivity index is 3.11. The van der Waals surface area contributed by atoms with Crippen LogP contribution >= 0.6 is 0 Å². The van der Waals surface area contributed by atoms with E-state index in [1.807, 2.05) is 0 Å². The first-order valence-electron chi connectivity index (χ1n) is 21.2. The van der Waals surface area contributed by atoms with Crippen LogP contribution in [0.3, 0.4) is 0 Å². The summed E-state index contributed by atoms with van der Waals surface area (Å²) < 4.78 is 61.6. The van der Waals surface area contributed by atoms with E-state index in [0.29, 0.717) is 132 Å². The zero-order valence-corrected chi connectivity index (χ0v) is 36.5. The third-order valence-corrected chi connectivity index (χ3v) is 13.8. The van der Waals surface area contributed by atoms with Crippen LogP contribution in [0.4, 0.5) is 0 Å². The zero-order chi connectivity index (χ0) is 38.8. The molecule has 0 radical (unpaired) electrons. The second kappa shape index (κ2) is 41.4. The first-order valence-corrected chi connectivity index (χ1v) is 24.1. The van der Waals surface area contributed by atoms with Crippen molar-refractivity contribution in [2.24, 2.45) is 0 Å². The van der Waals surface area contributed by atoms with Crippen molar-refractivity contribution in [3.63, 3.8) is 0 Å². The predicted molar refractivity (Wildman–Crippen MR) is 217 cm³/mol. The molecule has 0 fully saturated rings. The lowest BCUT2D eigenvalue weighted by molar-refractivity contribution is -0.0267. The molecule has 0 aromatic carbocycles. The van der Waals surface area contributed by atoms with Crippen molar-refractivity contribution in [2.75, 3.05) is 139 Å². The molecule has 0 amide bonds. The molecule has 0 heterocycles. The van der Waals surface area contributed by atoms with Gasteiger partial charge in [-0.3, -0.25) is 0 Å². The highest BCUT2D eigenvalue weighted by atomic mass is 28.4. The second-order valence-corrected chi connectivity index (χ2v) is 19.8. The summed E-state index contributed by atoms with van der Waals surface area (Å²) in [5, 5.41) is 0.220. The van der Waals surface area contributed by atoms with Crippen molar-refractivity contribution < 1.29 is 51.8 Å². The normalized spacial score (nSPS) is 12.3. The smallest absolute Gasteiger partial charge is 0.192 e. The van der Waals surface area contributed by atoms with Gasteiger partial charge < -0.3 is 51.8 Å². The summed E-state index contributed by atoms with van der Waals surface area (Å²) in [7, 11) is -1.70. The van der Waals surface area contributed by atoms with Crippen molar-refractivity contribution >= 4 is 8.32 Å². The minimum atomic E-state index is -1.70. The molecule has 0 aliphatic carbocycles. The van der Waals surface area contributed by atoms with Gasteiger partial charge in [-0.15, -0.1) is 0 Å². The van der Waals surface area contributed by atoms with Crippen LogP contribution < -0.4 is 0 Å². The van der Waals surface area contributed by atoms with E-state index in [-0.39, 0.29) is 5.04 Å². The molecular formula is C41H86O11Si. The molecule has 0 N–H and O–H groups in total. The highest BCUT2D eigenvalue weighted by Gasteiger charge is 2.36. The van der Waals surface area contributed by atoms with Gasteiger partial charge >= 0.3 is 0 Å². The van der Waals surface area contributed by atoms with E-state index in [1.54, 1.807) is 0 Å². The van der Waals surface area contributed by atoms with Crippen LogP contribution in [0.1, 0.15) is 111 Å². The molecule has 0 aliphatic rings. The van der Waals surface area contributed by atoms with Crippen molar-refractivity contribution in [2.45, 2.75) is 129 Å². The maximum atomic E-state index is 6.09. The van der Waals surface area contributed by atoms with Crippen LogP contribution in [-0.2, 0) is 51.8 Å². The van der Waals surface area contributed by atoms with Crippen LogP contribution in [0, 0.1) is 0 Å². The Labute approximate surface area is 327 Å². The van der Waals surface area contributed by atoms with Crippen molar-refractivity contribution in [1.82, 2.24) is 0 Å². The van der Waals surface area contributed by atoms with Gasteiger partial charge in [-0.2, -0.15) is 0 Å². The Hall–Kier alpha value is -0.223. The van der Waals surface area contributed by atoms with Gasteiger partial charge in [-0.25, -0.2) is 0 Å². The highest BCUT2D eigenvalue weighted by Crippen LogP contribution is 2.36. The van der Waals surface area contributed by atoms with E-state index in [2.05, 4.69) is 40.8 Å². The second-order valence-electron chi connectivity index (χ2n) is 15.0. The Morgan fingerprint density at radius 2 is 0.491 bits per heavy atom. The summed E-state index contributed by atoms with van der Waals surface area (Å²) in [6.07, 6.45) is 17.8. The Morgan fingerprint density at radius 1 is 0.283 bits per heavy atom. The van der Waals surface area contributed by atoms with Crippen molar-refractivity contribution in [3.05, 3.63) is 0 Å². The fourth-order valence-corrected chi connectivity index (χ4v) is 5.90. The van der Waals surface area contributed by atoms with Crippen LogP contribution in [0.25, 0.3) is 0 Å². The average Bonchev–Trinajstić information content (AvgIpc) is 3.13. The van der Waals surface area contributed by atoms with E-state index in [4.69, 9.17) is 51.8 Å². The maximum absolute atomic E-state index is 6.09. The number of unbranched alkanes of at least 4 members (excludes halogenated alkanes) is 12. The Bertz CT molecular complexity index is 697. The third-order valence-electron chi connectivity index (χ3n) is 9.24. The number of hydrogen-bond donors (Lipinski definition) is 0. The lowest BCUT2D eigenvalue weighted by atomic mass is 10.0. The fourth-order valence-electron chi connectivity index (χ4n) is 4.88. The van der Waals surface area contributed by atoms with E-state index in [0.717, 1.165) is 13.0 Å². The monoisotopic (exact) mass is 783 g/mol. The Kier molecular flexibility index (Phi) is 41.2. The number of ether oxygens (including phenoxy) is 10. The van der Waals surface area contributed by atoms with Crippen LogP contribution in [0.2, 0.25) is 18.1 Å². The minimum absolute atomic E-state index is 0.220. The van der Waals surface area contributed by atoms with Crippen molar-refractivity contribution in [3.8, 4) is 0 Å². The molecule has 0 rings (SSSR count). The first kappa shape index (κ1) is 52.8. The molecule has 0 saturated heterocycles. The predicted octanol–water partition coefficient (Wildman–Crippen LogP) is 8.27. The molecule has 0 bridgehead atoms. The first-order chi connectivity index (χ1) is 25.8. The summed E-state index contributed by atoms with van der Waals surface area (Å²) in [4.78, 5) is 0. The van der Waals surface area contributed by atoms with Gasteiger partial charge in [-0.1, -0.05) is 105 Å². The average molecular weight is 783 g/mol.